The van der Waals surface area contributed by atoms with E-state index < -0.39 is 6.09 Å². The number of thiocarbonyl (C=S) groups is 2. The number of anilines is 2. The fraction of sp³-hybridized carbons (Fsp3) is 0.526. The van der Waals surface area contributed by atoms with Gasteiger partial charge in [-0.05, 0) is 31.5 Å². The minimum absolute atomic E-state index is 0.314. The van der Waals surface area contributed by atoms with E-state index in [1.165, 1.54) is 11.0 Å². The molecule has 0 aromatic heterocycles. The van der Waals surface area contributed by atoms with E-state index >= 15 is 0 Å². The Balaban J connectivity index is 1.63. The molecule has 0 saturated carbocycles. The van der Waals surface area contributed by atoms with Gasteiger partial charge in [-0.15, -0.1) is 0 Å². The molecule has 6 nitrogen and oxygen atoms in total. The summed E-state index contributed by atoms with van der Waals surface area (Å²) in [6.07, 6.45) is -0.0397. The van der Waals surface area contributed by atoms with Gasteiger partial charge in [-0.2, -0.15) is 0 Å². The van der Waals surface area contributed by atoms with Crippen molar-refractivity contribution in [3.63, 3.8) is 0 Å². The first-order valence-corrected chi connectivity index (χ1v) is 10.3. The largest absolute Gasteiger partial charge is 0.442 e. The van der Waals surface area contributed by atoms with Gasteiger partial charge in [0.15, 0.2) is 0 Å². The number of piperazine rings is 1. The predicted octanol–water partition coefficient (Wildman–Crippen LogP) is 2.95. The van der Waals surface area contributed by atoms with Gasteiger partial charge in [0.05, 0.1) is 34.4 Å². The average molecular weight is 425 g/mol. The van der Waals surface area contributed by atoms with Crippen molar-refractivity contribution in [1.82, 2.24) is 10.2 Å². The first kappa shape index (κ1) is 20.7. The number of hydrogen-bond donors (Lipinski definition) is 1. The summed E-state index contributed by atoms with van der Waals surface area (Å²) in [5.41, 5.74) is 1.05. The van der Waals surface area contributed by atoms with Gasteiger partial charge < -0.3 is 19.9 Å². The predicted molar refractivity (Wildman–Crippen MR) is 117 cm³/mol. The van der Waals surface area contributed by atoms with E-state index in [-0.39, 0.29) is 11.9 Å². The standard InChI is InChI=1S/C19H25FN4O2S2/c1-3-18(28)21-11-15-12-24(19(25)26-15)14-4-5-17(16(20)10-14)23-8-6-22(7-9-23)13(2)27/h4-5,10,15H,3,6-9,11-12H2,1-2H3,(H,21,28)/t15-/m0/s1. The van der Waals surface area contributed by atoms with Crippen LogP contribution in [0.25, 0.3) is 0 Å². The van der Waals surface area contributed by atoms with Crippen molar-refractivity contribution in [1.29, 1.82) is 0 Å². The molecular weight excluding hydrogens is 399 g/mol. The Morgan fingerprint density at radius 3 is 2.61 bits per heavy atom. The highest BCUT2D eigenvalue weighted by atomic mass is 32.1. The molecule has 28 heavy (non-hydrogen) atoms. The zero-order chi connectivity index (χ0) is 20.3. The summed E-state index contributed by atoms with van der Waals surface area (Å²) in [6, 6.07) is 4.90. The van der Waals surface area contributed by atoms with Crippen molar-refractivity contribution in [3.05, 3.63) is 24.0 Å². The molecule has 0 bridgehead atoms. The van der Waals surface area contributed by atoms with Crippen LogP contribution in [0.2, 0.25) is 0 Å². The molecule has 2 aliphatic heterocycles. The number of halogens is 1. The van der Waals surface area contributed by atoms with Crippen LogP contribution in [-0.4, -0.2) is 66.3 Å². The number of rotatable bonds is 5. The van der Waals surface area contributed by atoms with Gasteiger partial charge in [0.25, 0.3) is 0 Å². The van der Waals surface area contributed by atoms with E-state index in [0.717, 1.165) is 29.5 Å². The Kier molecular flexibility index (Phi) is 6.66. The first-order valence-electron chi connectivity index (χ1n) is 9.44. The lowest BCUT2D eigenvalue weighted by atomic mass is 10.2. The van der Waals surface area contributed by atoms with Gasteiger partial charge in [-0.25, -0.2) is 9.18 Å². The van der Waals surface area contributed by atoms with Crippen molar-refractivity contribution in [2.24, 2.45) is 0 Å². The summed E-state index contributed by atoms with van der Waals surface area (Å²) in [4.78, 5) is 19.4. The molecule has 0 unspecified atom stereocenters. The monoisotopic (exact) mass is 424 g/mol. The molecule has 0 aliphatic carbocycles. The Labute approximate surface area is 175 Å². The minimum atomic E-state index is -0.466. The third-order valence-corrected chi connectivity index (χ3v) is 5.72. The highest BCUT2D eigenvalue weighted by molar-refractivity contribution is 7.80. The van der Waals surface area contributed by atoms with Crippen LogP contribution in [0.4, 0.5) is 20.6 Å². The van der Waals surface area contributed by atoms with Crippen LogP contribution < -0.4 is 15.1 Å². The Morgan fingerprint density at radius 1 is 1.29 bits per heavy atom. The molecule has 2 saturated heterocycles. The van der Waals surface area contributed by atoms with Gasteiger partial charge >= 0.3 is 6.09 Å². The average Bonchev–Trinajstić information content (AvgIpc) is 3.06. The summed E-state index contributed by atoms with van der Waals surface area (Å²) < 4.78 is 20.1. The van der Waals surface area contributed by atoms with Gasteiger partial charge in [-0.3, -0.25) is 4.90 Å². The van der Waals surface area contributed by atoms with Gasteiger partial charge in [0.1, 0.15) is 11.9 Å². The number of nitrogens with one attached hydrogen (secondary N) is 1. The van der Waals surface area contributed by atoms with Crippen LogP contribution in [-0.2, 0) is 4.74 Å². The Bertz CT molecular complexity index is 768. The third kappa shape index (κ3) is 4.70. The smallest absolute Gasteiger partial charge is 0.414 e. The summed E-state index contributed by atoms with van der Waals surface area (Å²) in [5.74, 6) is -0.341. The molecule has 3 rings (SSSR count). The first-order chi connectivity index (χ1) is 13.4. The summed E-state index contributed by atoms with van der Waals surface area (Å²) in [7, 11) is 0. The maximum Gasteiger partial charge on any atom is 0.414 e. The number of benzene rings is 1. The third-order valence-electron chi connectivity index (χ3n) is 5.03. The van der Waals surface area contributed by atoms with Gasteiger partial charge in [0.2, 0.25) is 0 Å². The van der Waals surface area contributed by atoms with Crippen LogP contribution >= 0.6 is 24.4 Å². The number of cyclic esters (lactones) is 1. The van der Waals surface area contributed by atoms with Gasteiger partial charge in [-0.1, -0.05) is 31.4 Å². The van der Waals surface area contributed by atoms with E-state index in [2.05, 4.69) is 10.2 Å². The van der Waals surface area contributed by atoms with E-state index in [1.807, 2.05) is 18.7 Å². The number of carbonyl (C=O) groups is 1. The maximum absolute atomic E-state index is 14.8. The molecule has 1 aromatic rings. The topological polar surface area (TPSA) is 48.0 Å². The number of ether oxygens (including phenoxy) is 1. The number of nitrogens with zero attached hydrogens (tertiary/aromatic N) is 3. The summed E-state index contributed by atoms with van der Waals surface area (Å²) in [6.45, 7) is 7.67. The van der Waals surface area contributed by atoms with Crippen molar-refractivity contribution in [2.75, 3.05) is 49.1 Å². The highest BCUT2D eigenvalue weighted by Gasteiger charge is 2.33. The minimum Gasteiger partial charge on any atom is -0.442 e. The molecule has 2 aliphatic rings. The molecule has 1 amide bonds. The maximum atomic E-state index is 14.8. The van der Waals surface area contributed by atoms with Crippen molar-refractivity contribution in [2.45, 2.75) is 26.4 Å². The second-order valence-corrected chi connectivity index (χ2v) is 7.99. The van der Waals surface area contributed by atoms with Crippen LogP contribution in [0.5, 0.6) is 0 Å². The molecule has 0 spiro atoms. The van der Waals surface area contributed by atoms with Crippen molar-refractivity contribution in [3.8, 4) is 0 Å². The van der Waals surface area contributed by atoms with E-state index in [4.69, 9.17) is 29.2 Å². The molecule has 152 valence electrons. The summed E-state index contributed by atoms with van der Waals surface area (Å²) in [5, 5.41) is 3.08. The zero-order valence-electron chi connectivity index (χ0n) is 16.1. The second kappa shape index (κ2) is 9.00. The second-order valence-electron chi connectivity index (χ2n) is 6.90. The van der Waals surface area contributed by atoms with Gasteiger partial charge in [0, 0.05) is 26.2 Å². The van der Waals surface area contributed by atoms with Crippen molar-refractivity contribution >= 4 is 51.9 Å². The molecule has 0 radical (unpaired) electrons. The fourth-order valence-corrected chi connectivity index (χ4v) is 3.64. The molecule has 1 aromatic carbocycles. The number of amides is 1. The SMILES string of the molecule is CCC(=S)NC[C@H]1CN(c2ccc(N3CCN(C(C)=S)CC3)c(F)c2)C(=O)O1. The molecular formula is C19H25FN4O2S2. The molecule has 2 heterocycles. The molecule has 9 heteroatoms. The molecule has 2 fully saturated rings. The van der Waals surface area contributed by atoms with E-state index in [1.54, 1.807) is 12.1 Å². The normalized spacial score (nSPS) is 19.6. The molecule has 1 N–H and O–H groups in total. The fourth-order valence-electron chi connectivity index (χ4n) is 3.37. The quantitative estimate of drug-likeness (QED) is 0.730. The van der Waals surface area contributed by atoms with Crippen LogP contribution in [0.15, 0.2) is 18.2 Å². The Morgan fingerprint density at radius 2 is 2.00 bits per heavy atom. The lowest BCUT2D eigenvalue weighted by Gasteiger charge is -2.37. The number of hydrogen-bond acceptors (Lipinski definition) is 5. The Hall–Kier alpha value is -2.00. The van der Waals surface area contributed by atoms with Crippen LogP contribution in [0.1, 0.15) is 20.3 Å². The summed E-state index contributed by atoms with van der Waals surface area (Å²) >= 11 is 10.3. The van der Waals surface area contributed by atoms with E-state index in [9.17, 15) is 9.18 Å². The van der Waals surface area contributed by atoms with E-state index in [0.29, 0.717) is 37.6 Å². The lowest BCUT2D eigenvalue weighted by Crippen LogP contribution is -2.47. The van der Waals surface area contributed by atoms with Crippen LogP contribution in [0, 0.1) is 5.82 Å². The molecule has 1 atom stereocenters. The zero-order valence-corrected chi connectivity index (χ0v) is 17.7. The van der Waals surface area contributed by atoms with Crippen molar-refractivity contribution < 1.29 is 13.9 Å². The lowest BCUT2D eigenvalue weighted by molar-refractivity contribution is 0.143. The highest BCUT2D eigenvalue weighted by Crippen LogP contribution is 2.28. The number of carbonyl (C=O) groups excluding carboxylic acids is 1. The van der Waals surface area contributed by atoms with Crippen LogP contribution in [0.3, 0.4) is 0 Å².